The van der Waals surface area contributed by atoms with Crippen LogP contribution in [0.2, 0.25) is 0 Å². The molecule has 2 rings (SSSR count). The van der Waals surface area contributed by atoms with E-state index >= 15 is 0 Å². The van der Waals surface area contributed by atoms with Gasteiger partial charge in [-0.25, -0.2) is 0 Å². The molecule has 1 aliphatic rings. The Morgan fingerprint density at radius 3 is 2.28 bits per heavy atom. The van der Waals surface area contributed by atoms with Gasteiger partial charge in [0.15, 0.2) is 0 Å². The van der Waals surface area contributed by atoms with Crippen molar-refractivity contribution < 1.29 is 25.2 Å². The van der Waals surface area contributed by atoms with Gasteiger partial charge in [-0.15, -0.1) is 0 Å². The van der Waals surface area contributed by atoms with Gasteiger partial charge in [0.25, 0.3) is 0 Å². The molecule has 0 saturated carbocycles. The first kappa shape index (κ1) is 13.8. The molecule has 1 unspecified atom stereocenters. The number of hydrogen-bond acceptors (Lipinski definition) is 6. The molecule has 1 aliphatic heterocycles. The molecule has 1 aromatic rings. The highest BCUT2D eigenvalue weighted by Gasteiger charge is 2.43. The van der Waals surface area contributed by atoms with Crippen LogP contribution in [0.25, 0.3) is 0 Å². The van der Waals surface area contributed by atoms with E-state index in [0.29, 0.717) is 0 Å². The SMILES string of the molecule is OC[C@H]1OC(Sc2ccccc2)[C@@H](O)[C@@H](O)[C@@H]1O. The van der Waals surface area contributed by atoms with Crippen LogP contribution in [-0.2, 0) is 4.74 Å². The fraction of sp³-hybridized carbons (Fsp3) is 0.500. The highest BCUT2D eigenvalue weighted by Crippen LogP contribution is 2.32. The van der Waals surface area contributed by atoms with Gasteiger partial charge in [0.1, 0.15) is 29.9 Å². The molecule has 1 saturated heterocycles. The zero-order valence-electron chi connectivity index (χ0n) is 9.59. The molecule has 18 heavy (non-hydrogen) atoms. The Morgan fingerprint density at radius 2 is 1.67 bits per heavy atom. The van der Waals surface area contributed by atoms with E-state index < -0.39 is 36.5 Å². The van der Waals surface area contributed by atoms with Gasteiger partial charge in [0, 0.05) is 4.90 Å². The minimum Gasteiger partial charge on any atom is -0.394 e. The molecule has 0 amide bonds. The van der Waals surface area contributed by atoms with Crippen molar-refractivity contribution in [2.75, 3.05) is 6.61 Å². The normalized spacial score (nSPS) is 36.6. The summed E-state index contributed by atoms with van der Waals surface area (Å²) in [6.07, 6.45) is -4.69. The Kier molecular flexibility index (Phi) is 4.60. The summed E-state index contributed by atoms with van der Waals surface area (Å²) < 4.78 is 5.39. The molecule has 0 spiro atoms. The Hall–Kier alpha value is -0.630. The van der Waals surface area contributed by atoms with Crippen LogP contribution in [0.4, 0.5) is 0 Å². The van der Waals surface area contributed by atoms with E-state index in [1.807, 2.05) is 30.3 Å². The maximum absolute atomic E-state index is 9.85. The van der Waals surface area contributed by atoms with Gasteiger partial charge in [0.2, 0.25) is 0 Å². The molecule has 100 valence electrons. The lowest BCUT2D eigenvalue weighted by atomic mass is 10.0. The summed E-state index contributed by atoms with van der Waals surface area (Å²) in [6, 6.07) is 9.29. The molecule has 0 aliphatic carbocycles. The van der Waals surface area contributed by atoms with Crippen molar-refractivity contribution >= 4 is 11.8 Å². The number of thioether (sulfide) groups is 1. The smallest absolute Gasteiger partial charge is 0.136 e. The average molecular weight is 272 g/mol. The number of aliphatic hydroxyl groups excluding tert-OH is 4. The van der Waals surface area contributed by atoms with Crippen LogP contribution >= 0.6 is 11.8 Å². The lowest BCUT2D eigenvalue weighted by Gasteiger charge is -2.39. The number of aliphatic hydroxyl groups is 4. The van der Waals surface area contributed by atoms with Crippen LogP contribution in [0.1, 0.15) is 0 Å². The van der Waals surface area contributed by atoms with Gasteiger partial charge in [0.05, 0.1) is 6.61 Å². The maximum Gasteiger partial charge on any atom is 0.136 e. The number of hydrogen-bond donors (Lipinski definition) is 4. The minimum atomic E-state index is -1.32. The van der Waals surface area contributed by atoms with Crippen molar-refractivity contribution in [2.45, 2.75) is 34.7 Å². The monoisotopic (exact) mass is 272 g/mol. The second kappa shape index (κ2) is 6.01. The van der Waals surface area contributed by atoms with Crippen molar-refractivity contribution in [1.29, 1.82) is 0 Å². The highest BCUT2D eigenvalue weighted by atomic mass is 32.2. The molecule has 1 aromatic carbocycles. The first-order valence-corrected chi connectivity index (χ1v) is 6.53. The predicted octanol–water partition coefficient (Wildman–Crippen LogP) is -0.421. The van der Waals surface area contributed by atoms with Crippen LogP contribution in [0.3, 0.4) is 0 Å². The molecule has 5 nitrogen and oxygen atoms in total. The zero-order valence-corrected chi connectivity index (χ0v) is 10.4. The third-order valence-corrected chi connectivity index (χ3v) is 4.01. The van der Waals surface area contributed by atoms with Crippen molar-refractivity contribution in [3.05, 3.63) is 30.3 Å². The largest absolute Gasteiger partial charge is 0.394 e. The van der Waals surface area contributed by atoms with Crippen LogP contribution in [0.5, 0.6) is 0 Å². The Bertz CT molecular complexity index is 372. The summed E-state index contributed by atoms with van der Waals surface area (Å²) in [5.74, 6) is 0. The van der Waals surface area contributed by atoms with E-state index in [1.165, 1.54) is 11.8 Å². The van der Waals surface area contributed by atoms with Crippen LogP contribution < -0.4 is 0 Å². The molecular weight excluding hydrogens is 256 g/mol. The Labute approximate surface area is 109 Å². The van der Waals surface area contributed by atoms with Gasteiger partial charge < -0.3 is 25.2 Å². The van der Waals surface area contributed by atoms with Crippen molar-refractivity contribution in [2.24, 2.45) is 0 Å². The quantitative estimate of drug-likeness (QED) is 0.597. The molecule has 0 radical (unpaired) electrons. The summed E-state index contributed by atoms with van der Waals surface area (Å²) in [4.78, 5) is 0.877. The van der Waals surface area contributed by atoms with Crippen LogP contribution in [-0.4, -0.2) is 56.9 Å². The zero-order chi connectivity index (χ0) is 13.1. The van der Waals surface area contributed by atoms with E-state index in [9.17, 15) is 15.3 Å². The average Bonchev–Trinajstić information content (AvgIpc) is 2.40. The van der Waals surface area contributed by atoms with Gasteiger partial charge in [-0.05, 0) is 12.1 Å². The van der Waals surface area contributed by atoms with Gasteiger partial charge >= 0.3 is 0 Å². The molecule has 0 bridgehead atoms. The van der Waals surface area contributed by atoms with Gasteiger partial charge in [-0.1, -0.05) is 30.0 Å². The molecule has 6 heteroatoms. The van der Waals surface area contributed by atoms with Crippen LogP contribution in [0, 0.1) is 0 Å². The summed E-state index contributed by atoms with van der Waals surface area (Å²) in [6.45, 7) is -0.406. The van der Waals surface area contributed by atoms with E-state index in [1.54, 1.807) is 0 Å². The minimum absolute atomic E-state index is 0.406. The first-order valence-electron chi connectivity index (χ1n) is 5.65. The van der Waals surface area contributed by atoms with Gasteiger partial charge in [-0.3, -0.25) is 0 Å². The topological polar surface area (TPSA) is 90.2 Å². The van der Waals surface area contributed by atoms with E-state index in [2.05, 4.69) is 0 Å². The standard InChI is InChI=1S/C12H16O5S/c13-6-8-9(14)10(15)11(16)12(17-8)18-7-4-2-1-3-5-7/h1-5,8-16H,6H2/t8-,9-,10+,11+,12?/m1/s1. The first-order chi connectivity index (χ1) is 8.63. The molecule has 0 aromatic heterocycles. The van der Waals surface area contributed by atoms with Crippen molar-refractivity contribution in [3.63, 3.8) is 0 Å². The number of ether oxygens (including phenoxy) is 1. The third kappa shape index (κ3) is 2.85. The van der Waals surface area contributed by atoms with Crippen molar-refractivity contribution in [3.8, 4) is 0 Å². The summed E-state index contributed by atoms with van der Waals surface area (Å²) >= 11 is 1.24. The fourth-order valence-corrected chi connectivity index (χ4v) is 2.88. The van der Waals surface area contributed by atoms with E-state index in [4.69, 9.17) is 9.84 Å². The fourth-order valence-electron chi connectivity index (χ4n) is 1.80. The second-order valence-corrected chi connectivity index (χ2v) is 5.30. The van der Waals surface area contributed by atoms with Crippen molar-refractivity contribution in [1.82, 2.24) is 0 Å². The second-order valence-electron chi connectivity index (χ2n) is 4.13. The number of rotatable bonds is 3. The molecule has 1 heterocycles. The summed E-state index contributed by atoms with van der Waals surface area (Å²) in [7, 11) is 0. The van der Waals surface area contributed by atoms with E-state index in [0.717, 1.165) is 4.90 Å². The lowest BCUT2D eigenvalue weighted by Crippen LogP contribution is -2.57. The highest BCUT2D eigenvalue weighted by molar-refractivity contribution is 7.99. The molecule has 4 N–H and O–H groups in total. The van der Waals surface area contributed by atoms with Gasteiger partial charge in [-0.2, -0.15) is 0 Å². The Balaban J connectivity index is 2.08. The molecule has 5 atom stereocenters. The summed E-state index contributed by atoms with van der Waals surface area (Å²) in [5.41, 5.74) is -0.719. The number of benzene rings is 1. The van der Waals surface area contributed by atoms with E-state index in [-0.39, 0.29) is 0 Å². The predicted molar refractivity (Wildman–Crippen MR) is 66.1 cm³/mol. The summed E-state index contributed by atoms with van der Waals surface area (Å²) in [5, 5.41) is 38.2. The molecule has 1 fully saturated rings. The maximum atomic E-state index is 9.85. The van der Waals surface area contributed by atoms with Crippen LogP contribution in [0.15, 0.2) is 35.2 Å². The third-order valence-electron chi connectivity index (χ3n) is 2.84. The molecular formula is C12H16O5S. The lowest BCUT2D eigenvalue weighted by molar-refractivity contribution is -0.205. The Morgan fingerprint density at radius 1 is 1.00 bits per heavy atom.